The summed E-state index contributed by atoms with van der Waals surface area (Å²) in [6.07, 6.45) is 0. The van der Waals surface area contributed by atoms with E-state index in [0.717, 1.165) is 26.7 Å². The molecule has 5 aromatic rings. The zero-order chi connectivity index (χ0) is 24.4. The lowest BCUT2D eigenvalue weighted by Gasteiger charge is -2.07. The number of nitrogens with zero attached hydrogens (tertiary/aromatic N) is 2. The Morgan fingerprint density at radius 2 is 1.91 bits per heavy atom. The van der Waals surface area contributed by atoms with E-state index in [2.05, 4.69) is 31.2 Å². The minimum absolute atomic E-state index is 0.218. The van der Waals surface area contributed by atoms with Gasteiger partial charge in [0, 0.05) is 20.8 Å². The molecule has 0 saturated carbocycles. The van der Waals surface area contributed by atoms with Crippen molar-refractivity contribution in [3.05, 3.63) is 99.3 Å². The summed E-state index contributed by atoms with van der Waals surface area (Å²) < 4.78 is 12.4. The highest BCUT2D eigenvalue weighted by atomic mass is 79.9. The predicted octanol–water partition coefficient (Wildman–Crippen LogP) is 7.12. The first-order valence-electron chi connectivity index (χ1n) is 10.7. The Morgan fingerprint density at radius 1 is 1.09 bits per heavy atom. The Labute approximate surface area is 214 Å². The molecule has 0 aliphatic rings. The van der Waals surface area contributed by atoms with E-state index in [-0.39, 0.29) is 11.5 Å². The molecule has 0 fully saturated rings. The van der Waals surface area contributed by atoms with E-state index in [0.29, 0.717) is 27.7 Å². The molecule has 8 heteroatoms. The monoisotopic (exact) mass is 545 g/mol. The second-order valence-electron chi connectivity index (χ2n) is 7.82. The fourth-order valence-corrected chi connectivity index (χ4v) is 4.52. The van der Waals surface area contributed by atoms with Crippen LogP contribution >= 0.6 is 27.3 Å². The topological polar surface area (TPSA) is 76.7 Å². The van der Waals surface area contributed by atoms with Crippen molar-refractivity contribution >= 4 is 55.0 Å². The van der Waals surface area contributed by atoms with Gasteiger partial charge in [-0.15, -0.1) is 11.3 Å². The fraction of sp³-hybridized carbons (Fsp3) is 0.0741. The van der Waals surface area contributed by atoms with Gasteiger partial charge in [0.05, 0.1) is 18.5 Å². The molecule has 6 nitrogen and oxygen atoms in total. The normalized spacial score (nSPS) is 11.6. The van der Waals surface area contributed by atoms with Crippen LogP contribution in [-0.2, 0) is 0 Å². The van der Waals surface area contributed by atoms with Gasteiger partial charge in [0.1, 0.15) is 16.9 Å². The maximum atomic E-state index is 13.4. The summed E-state index contributed by atoms with van der Waals surface area (Å²) in [7, 11) is 1.60. The molecule has 35 heavy (non-hydrogen) atoms. The molecule has 2 aromatic heterocycles. The number of anilines is 1. The smallest absolute Gasteiger partial charge is 0.262 e. The number of nitrogens with one attached hydrogen (secondary N) is 1. The highest BCUT2D eigenvalue weighted by molar-refractivity contribution is 9.10. The van der Waals surface area contributed by atoms with Crippen LogP contribution in [0, 0.1) is 6.92 Å². The van der Waals surface area contributed by atoms with E-state index in [1.165, 1.54) is 11.3 Å². The van der Waals surface area contributed by atoms with Gasteiger partial charge in [-0.25, -0.2) is 9.98 Å². The van der Waals surface area contributed by atoms with Crippen molar-refractivity contribution in [2.75, 3.05) is 12.4 Å². The van der Waals surface area contributed by atoms with Crippen LogP contribution in [0.5, 0.6) is 5.75 Å². The van der Waals surface area contributed by atoms with Gasteiger partial charge in [0.25, 0.3) is 5.91 Å². The van der Waals surface area contributed by atoms with Crippen LogP contribution in [0.2, 0.25) is 0 Å². The van der Waals surface area contributed by atoms with Crippen LogP contribution in [0.15, 0.2) is 92.1 Å². The third-order valence-corrected chi connectivity index (χ3v) is 6.58. The van der Waals surface area contributed by atoms with Crippen molar-refractivity contribution in [3.8, 4) is 17.0 Å². The first-order chi connectivity index (χ1) is 17.0. The molecule has 0 radical (unpaired) electrons. The zero-order valence-corrected chi connectivity index (χ0v) is 21.3. The minimum atomic E-state index is -0.360. The molecule has 0 atom stereocenters. The lowest BCUT2D eigenvalue weighted by atomic mass is 10.1. The number of rotatable bonds is 5. The summed E-state index contributed by atoms with van der Waals surface area (Å²) in [6, 6.07) is 22.7. The molecule has 1 amide bonds. The van der Waals surface area contributed by atoms with Crippen LogP contribution in [0.4, 0.5) is 10.8 Å². The number of thiazole rings is 1. The standard InChI is InChI=1S/C27H20BrN3O3S/c1-16-4-3-5-20(12-16)29-26-22(14-18-13-21(33-2)10-11-24(18)34-26)25(32)31-27-30-23(15-35-27)17-6-8-19(28)9-7-17/h3-15H,1-2H3,(H,30,31,32). The average Bonchev–Trinajstić information content (AvgIpc) is 3.32. The molecule has 0 spiro atoms. The van der Waals surface area contributed by atoms with Crippen LogP contribution in [0.3, 0.4) is 0 Å². The number of halogens is 1. The largest absolute Gasteiger partial charge is 0.497 e. The summed E-state index contributed by atoms with van der Waals surface area (Å²) in [5.41, 5.74) is 4.63. The molecule has 1 N–H and O–H groups in total. The zero-order valence-electron chi connectivity index (χ0n) is 18.9. The Bertz CT molecular complexity index is 1610. The molecule has 5 rings (SSSR count). The lowest BCUT2D eigenvalue weighted by Crippen LogP contribution is -2.21. The number of methoxy groups -OCH3 is 1. The van der Waals surface area contributed by atoms with Crippen molar-refractivity contribution in [1.29, 1.82) is 0 Å². The van der Waals surface area contributed by atoms with E-state index >= 15 is 0 Å². The van der Waals surface area contributed by atoms with E-state index in [1.807, 2.05) is 66.9 Å². The van der Waals surface area contributed by atoms with Crippen molar-refractivity contribution in [2.24, 2.45) is 4.99 Å². The fourth-order valence-electron chi connectivity index (χ4n) is 3.54. The molecule has 2 heterocycles. The molecule has 0 unspecified atom stereocenters. The number of aryl methyl sites for hydroxylation is 1. The van der Waals surface area contributed by atoms with Crippen molar-refractivity contribution in [2.45, 2.75) is 6.92 Å². The minimum Gasteiger partial charge on any atom is -0.497 e. The van der Waals surface area contributed by atoms with Crippen LogP contribution in [-0.4, -0.2) is 18.0 Å². The second kappa shape index (κ2) is 9.85. The quantitative estimate of drug-likeness (QED) is 0.255. The molecule has 0 aliphatic carbocycles. The molecule has 3 aromatic carbocycles. The summed E-state index contributed by atoms with van der Waals surface area (Å²) in [6.45, 7) is 1.99. The van der Waals surface area contributed by atoms with Crippen molar-refractivity contribution < 1.29 is 13.9 Å². The number of amides is 1. The lowest BCUT2D eigenvalue weighted by molar-refractivity contribution is 0.102. The van der Waals surface area contributed by atoms with Gasteiger partial charge in [-0.05, 0) is 61.0 Å². The number of aromatic nitrogens is 1. The van der Waals surface area contributed by atoms with Crippen LogP contribution in [0.1, 0.15) is 15.9 Å². The molecule has 0 aliphatic heterocycles. The number of carbonyl (C=O) groups excluding carboxylic acids is 1. The number of hydrogen-bond acceptors (Lipinski definition) is 6. The predicted molar refractivity (Wildman–Crippen MR) is 142 cm³/mol. The van der Waals surface area contributed by atoms with Gasteiger partial charge in [0.15, 0.2) is 5.13 Å². The Hall–Kier alpha value is -3.75. The number of carbonyl (C=O) groups is 1. The number of ether oxygens (including phenoxy) is 1. The maximum Gasteiger partial charge on any atom is 0.262 e. The third-order valence-electron chi connectivity index (χ3n) is 5.30. The van der Waals surface area contributed by atoms with Gasteiger partial charge in [-0.1, -0.05) is 40.2 Å². The average molecular weight is 546 g/mol. The molecule has 0 bridgehead atoms. The van der Waals surface area contributed by atoms with Crippen molar-refractivity contribution in [1.82, 2.24) is 4.98 Å². The Morgan fingerprint density at radius 3 is 2.69 bits per heavy atom. The third kappa shape index (κ3) is 5.18. The van der Waals surface area contributed by atoms with E-state index < -0.39 is 0 Å². The van der Waals surface area contributed by atoms with Gasteiger partial charge in [0.2, 0.25) is 5.55 Å². The molecule has 0 saturated heterocycles. The SMILES string of the molecule is COc1ccc2oc(=Nc3cccc(C)c3)c(C(=O)Nc3nc(-c4ccc(Br)cc4)cs3)cc2c1. The Kier molecular flexibility index (Phi) is 6.48. The highest BCUT2D eigenvalue weighted by Gasteiger charge is 2.16. The number of hydrogen-bond donors (Lipinski definition) is 1. The van der Waals surface area contributed by atoms with Gasteiger partial charge >= 0.3 is 0 Å². The highest BCUT2D eigenvalue weighted by Crippen LogP contribution is 2.27. The van der Waals surface area contributed by atoms with E-state index in [1.54, 1.807) is 25.3 Å². The van der Waals surface area contributed by atoms with E-state index in [4.69, 9.17) is 9.15 Å². The first-order valence-corrected chi connectivity index (χ1v) is 12.4. The summed E-state index contributed by atoms with van der Waals surface area (Å²) in [5, 5.41) is 6.02. The molecule has 174 valence electrons. The van der Waals surface area contributed by atoms with Crippen LogP contribution in [0.25, 0.3) is 22.2 Å². The molecular weight excluding hydrogens is 526 g/mol. The summed E-state index contributed by atoms with van der Waals surface area (Å²) >= 11 is 4.80. The maximum absolute atomic E-state index is 13.4. The van der Waals surface area contributed by atoms with Gasteiger partial charge < -0.3 is 9.15 Å². The second-order valence-corrected chi connectivity index (χ2v) is 9.59. The van der Waals surface area contributed by atoms with Gasteiger partial charge in [-0.2, -0.15) is 0 Å². The summed E-state index contributed by atoms with van der Waals surface area (Å²) in [5.74, 6) is 0.308. The van der Waals surface area contributed by atoms with E-state index in [9.17, 15) is 4.79 Å². The van der Waals surface area contributed by atoms with Crippen molar-refractivity contribution in [3.63, 3.8) is 0 Å². The molecular formula is C27H20BrN3O3S. The first kappa shape index (κ1) is 23.0. The number of benzene rings is 3. The number of fused-ring (bicyclic) bond motifs is 1. The van der Waals surface area contributed by atoms with Gasteiger partial charge in [-0.3, -0.25) is 10.1 Å². The Balaban J connectivity index is 1.54. The van der Waals surface area contributed by atoms with Crippen LogP contribution < -0.4 is 15.6 Å². The summed E-state index contributed by atoms with van der Waals surface area (Å²) in [4.78, 5) is 22.6.